The van der Waals surface area contributed by atoms with Crippen molar-refractivity contribution >= 4 is 0 Å². The number of hydrogen-bond acceptors (Lipinski definition) is 2. The highest BCUT2D eigenvalue weighted by atomic mass is 15.2. The van der Waals surface area contributed by atoms with Crippen molar-refractivity contribution in [2.45, 2.75) is 33.1 Å². The fraction of sp³-hybridized carbons (Fsp3) is 1.00. The van der Waals surface area contributed by atoms with Crippen molar-refractivity contribution in [2.75, 3.05) is 33.2 Å². The minimum absolute atomic E-state index is 1.16. The molecule has 1 rings (SSSR count). The van der Waals surface area contributed by atoms with Gasteiger partial charge in [0.2, 0.25) is 0 Å². The first kappa shape index (κ1) is 11.9. The molecule has 0 spiro atoms. The molecule has 0 aliphatic carbocycles. The van der Waals surface area contributed by atoms with Crippen LogP contribution in [0.15, 0.2) is 0 Å². The fourth-order valence-corrected chi connectivity index (χ4v) is 1.13. The molecule has 1 aliphatic rings. The zero-order valence-electron chi connectivity index (χ0n) is 8.90. The Balaban J connectivity index is 0.000000217. The summed E-state index contributed by atoms with van der Waals surface area (Å²) in [6.45, 7) is 9.17. The molecule has 0 atom stereocenters. The standard InChI is InChI=1S/C5H12N2.C5H12/c1-7-4-2-6-3-5-7;1-3-5-4-2/h6H,2-5H2,1H3;3-5H2,1-2H3. The molecule has 1 N–H and O–H groups in total. The van der Waals surface area contributed by atoms with Crippen LogP contribution >= 0.6 is 0 Å². The zero-order valence-corrected chi connectivity index (χ0v) is 8.90. The van der Waals surface area contributed by atoms with Crippen molar-refractivity contribution < 1.29 is 0 Å². The topological polar surface area (TPSA) is 15.3 Å². The Morgan fingerprint density at radius 1 is 1.08 bits per heavy atom. The monoisotopic (exact) mass is 172 g/mol. The van der Waals surface area contributed by atoms with Crippen molar-refractivity contribution in [1.82, 2.24) is 10.2 Å². The molecule has 0 aromatic heterocycles. The number of nitrogens with zero attached hydrogens (tertiary/aromatic N) is 1. The van der Waals surface area contributed by atoms with Gasteiger partial charge in [0.1, 0.15) is 0 Å². The molecule has 2 heteroatoms. The third-order valence-electron chi connectivity index (χ3n) is 2.05. The van der Waals surface area contributed by atoms with Crippen LogP contribution in [-0.4, -0.2) is 38.1 Å². The lowest BCUT2D eigenvalue weighted by molar-refractivity contribution is 0.291. The van der Waals surface area contributed by atoms with E-state index in [0.717, 1.165) is 13.1 Å². The first-order valence-electron chi connectivity index (χ1n) is 5.20. The lowest BCUT2D eigenvalue weighted by atomic mass is 10.3. The second-order valence-corrected chi connectivity index (χ2v) is 3.41. The van der Waals surface area contributed by atoms with Gasteiger partial charge in [0.15, 0.2) is 0 Å². The van der Waals surface area contributed by atoms with Crippen LogP contribution in [0.3, 0.4) is 0 Å². The zero-order chi connectivity index (χ0) is 9.23. The van der Waals surface area contributed by atoms with E-state index in [2.05, 4.69) is 31.1 Å². The normalized spacial score (nSPS) is 18.2. The molecule has 1 saturated heterocycles. The van der Waals surface area contributed by atoms with E-state index in [1.807, 2.05) is 0 Å². The van der Waals surface area contributed by atoms with Crippen LogP contribution in [0.4, 0.5) is 0 Å². The number of nitrogens with one attached hydrogen (secondary N) is 1. The number of hydrogen-bond donors (Lipinski definition) is 1. The van der Waals surface area contributed by atoms with E-state index >= 15 is 0 Å². The van der Waals surface area contributed by atoms with E-state index in [1.54, 1.807) is 0 Å². The van der Waals surface area contributed by atoms with Crippen molar-refractivity contribution in [3.05, 3.63) is 0 Å². The number of rotatable bonds is 2. The largest absolute Gasteiger partial charge is 0.314 e. The molecule has 0 aromatic rings. The highest BCUT2D eigenvalue weighted by Crippen LogP contribution is 1.88. The lowest BCUT2D eigenvalue weighted by Gasteiger charge is -2.21. The van der Waals surface area contributed by atoms with Crippen LogP contribution in [0, 0.1) is 0 Å². The second-order valence-electron chi connectivity index (χ2n) is 3.41. The van der Waals surface area contributed by atoms with Gasteiger partial charge in [-0.25, -0.2) is 0 Å². The Hall–Kier alpha value is -0.0800. The van der Waals surface area contributed by atoms with Crippen molar-refractivity contribution in [3.63, 3.8) is 0 Å². The molecule has 0 saturated carbocycles. The minimum Gasteiger partial charge on any atom is -0.314 e. The summed E-state index contributed by atoms with van der Waals surface area (Å²) in [4.78, 5) is 2.33. The van der Waals surface area contributed by atoms with Gasteiger partial charge in [0.25, 0.3) is 0 Å². The molecule has 0 unspecified atom stereocenters. The summed E-state index contributed by atoms with van der Waals surface area (Å²) in [7, 11) is 2.15. The Labute approximate surface area is 77.3 Å². The van der Waals surface area contributed by atoms with Gasteiger partial charge in [-0.05, 0) is 7.05 Å². The van der Waals surface area contributed by atoms with Crippen LogP contribution in [0.2, 0.25) is 0 Å². The Kier molecular flexibility index (Phi) is 8.95. The highest BCUT2D eigenvalue weighted by molar-refractivity contribution is 4.62. The summed E-state index contributed by atoms with van der Waals surface area (Å²) < 4.78 is 0. The first-order valence-corrected chi connectivity index (χ1v) is 5.20. The van der Waals surface area contributed by atoms with Crippen LogP contribution in [0.5, 0.6) is 0 Å². The summed E-state index contributed by atoms with van der Waals surface area (Å²) in [6.07, 6.45) is 4.08. The van der Waals surface area contributed by atoms with Crippen LogP contribution in [-0.2, 0) is 0 Å². The Morgan fingerprint density at radius 2 is 1.58 bits per heavy atom. The third kappa shape index (κ3) is 8.02. The number of unbranched alkanes of at least 4 members (excludes halogenated alkanes) is 2. The van der Waals surface area contributed by atoms with Crippen molar-refractivity contribution in [3.8, 4) is 0 Å². The molecule has 2 nitrogen and oxygen atoms in total. The molecule has 1 aliphatic heterocycles. The summed E-state index contributed by atoms with van der Waals surface area (Å²) >= 11 is 0. The molecule has 0 aromatic carbocycles. The summed E-state index contributed by atoms with van der Waals surface area (Å²) in [5.41, 5.74) is 0. The molecule has 1 heterocycles. The van der Waals surface area contributed by atoms with Crippen LogP contribution in [0.25, 0.3) is 0 Å². The van der Waals surface area contributed by atoms with Gasteiger partial charge < -0.3 is 10.2 Å². The molecule has 0 radical (unpaired) electrons. The maximum absolute atomic E-state index is 3.27. The van der Waals surface area contributed by atoms with Gasteiger partial charge in [0.05, 0.1) is 0 Å². The molecule has 1 fully saturated rings. The average Bonchev–Trinajstić information content (AvgIpc) is 2.08. The lowest BCUT2D eigenvalue weighted by Crippen LogP contribution is -2.40. The van der Waals surface area contributed by atoms with Gasteiger partial charge >= 0.3 is 0 Å². The maximum atomic E-state index is 3.27. The van der Waals surface area contributed by atoms with Crippen molar-refractivity contribution in [1.29, 1.82) is 0 Å². The Morgan fingerprint density at radius 3 is 1.75 bits per heavy atom. The highest BCUT2D eigenvalue weighted by Gasteiger charge is 2.01. The SMILES string of the molecule is CCCCC.CN1CCNCC1. The second kappa shape index (κ2) is 9.01. The first-order chi connectivity index (χ1) is 5.81. The predicted molar refractivity (Wildman–Crippen MR) is 55.6 cm³/mol. The van der Waals surface area contributed by atoms with E-state index in [1.165, 1.54) is 32.4 Å². The van der Waals surface area contributed by atoms with E-state index in [0.29, 0.717) is 0 Å². The van der Waals surface area contributed by atoms with Gasteiger partial charge in [-0.15, -0.1) is 0 Å². The summed E-state index contributed by atoms with van der Waals surface area (Å²) in [5.74, 6) is 0. The quantitative estimate of drug-likeness (QED) is 0.682. The van der Waals surface area contributed by atoms with Crippen molar-refractivity contribution in [2.24, 2.45) is 0 Å². The molecule has 74 valence electrons. The van der Waals surface area contributed by atoms with Gasteiger partial charge in [-0.3, -0.25) is 0 Å². The van der Waals surface area contributed by atoms with Crippen LogP contribution in [0.1, 0.15) is 33.1 Å². The Bertz CT molecular complexity index is 75.9. The summed E-state index contributed by atoms with van der Waals surface area (Å²) in [5, 5.41) is 3.27. The minimum atomic E-state index is 1.16. The third-order valence-corrected chi connectivity index (χ3v) is 2.05. The van der Waals surface area contributed by atoms with Crippen LogP contribution < -0.4 is 5.32 Å². The molecular formula is C10H24N2. The van der Waals surface area contributed by atoms with E-state index in [4.69, 9.17) is 0 Å². The molecule has 0 bridgehead atoms. The molecular weight excluding hydrogens is 148 g/mol. The smallest absolute Gasteiger partial charge is 0.0104 e. The number of likely N-dealkylation sites (N-methyl/N-ethyl adjacent to an activating group) is 1. The van der Waals surface area contributed by atoms with Gasteiger partial charge in [-0.1, -0.05) is 33.1 Å². The average molecular weight is 172 g/mol. The van der Waals surface area contributed by atoms with Gasteiger partial charge in [0, 0.05) is 26.2 Å². The fourth-order valence-electron chi connectivity index (χ4n) is 1.13. The summed E-state index contributed by atoms with van der Waals surface area (Å²) in [6, 6.07) is 0. The molecule has 0 amide bonds. The maximum Gasteiger partial charge on any atom is 0.0104 e. The van der Waals surface area contributed by atoms with E-state index in [-0.39, 0.29) is 0 Å². The van der Waals surface area contributed by atoms with E-state index < -0.39 is 0 Å². The van der Waals surface area contributed by atoms with Gasteiger partial charge in [-0.2, -0.15) is 0 Å². The number of piperazine rings is 1. The van der Waals surface area contributed by atoms with E-state index in [9.17, 15) is 0 Å². The predicted octanol–water partition coefficient (Wildman–Crippen LogP) is 1.72. The molecule has 12 heavy (non-hydrogen) atoms.